The number of hydrogen-bond acceptors (Lipinski definition) is 4. The topological polar surface area (TPSA) is 104 Å². The average molecular weight is 470 g/mol. The van der Waals surface area contributed by atoms with E-state index in [1.54, 1.807) is 12.4 Å². The van der Waals surface area contributed by atoms with Gasteiger partial charge in [-0.1, -0.05) is 84.9 Å². The Morgan fingerprint density at radius 3 is 2.00 bits per heavy atom. The molecule has 0 bridgehead atoms. The van der Waals surface area contributed by atoms with Gasteiger partial charge in [0.1, 0.15) is 6.04 Å². The van der Waals surface area contributed by atoms with Gasteiger partial charge < -0.3 is 15.5 Å². The fourth-order valence-electron chi connectivity index (χ4n) is 3.97. The van der Waals surface area contributed by atoms with Crippen LogP contribution in [0, 0.1) is 0 Å². The summed E-state index contributed by atoms with van der Waals surface area (Å²) in [6, 6.07) is 25.9. The van der Waals surface area contributed by atoms with Gasteiger partial charge in [-0.15, -0.1) is 0 Å². The van der Waals surface area contributed by atoms with Gasteiger partial charge in [-0.05, 0) is 28.7 Å². The molecule has 3 aromatic carbocycles. The van der Waals surface area contributed by atoms with Crippen LogP contribution < -0.4 is 5.32 Å². The van der Waals surface area contributed by atoms with Gasteiger partial charge in [0.15, 0.2) is 0 Å². The van der Waals surface area contributed by atoms with Crippen LogP contribution in [0.15, 0.2) is 97.3 Å². The first kappa shape index (κ1) is 23.9. The van der Waals surface area contributed by atoms with Crippen LogP contribution in [-0.4, -0.2) is 44.5 Å². The minimum absolute atomic E-state index is 0.265. The van der Waals surface area contributed by atoms with Crippen molar-refractivity contribution in [3.63, 3.8) is 0 Å². The summed E-state index contributed by atoms with van der Waals surface area (Å²) in [4.78, 5) is 24.6. The standard InChI is InChI=1S/C28H27N3O4/c32-19-25(15-20-7-3-1-4-8-20)30-28(35)26(16-27(33)34)31-18-24(17-29-31)23-13-11-22(12-14-23)21-9-5-2-6-10-21/h1-14,17-18,25-26,32H,15-16,19H2,(H,30,35)(H,33,34). The summed E-state index contributed by atoms with van der Waals surface area (Å²) in [5.74, 6) is -1.62. The van der Waals surface area contributed by atoms with Gasteiger partial charge in [-0.2, -0.15) is 5.10 Å². The van der Waals surface area contributed by atoms with Crippen molar-refractivity contribution in [1.29, 1.82) is 0 Å². The molecule has 2 atom stereocenters. The Labute approximate surface area is 203 Å². The van der Waals surface area contributed by atoms with Crippen LogP contribution in [0.4, 0.5) is 0 Å². The summed E-state index contributed by atoms with van der Waals surface area (Å²) < 4.78 is 1.38. The summed E-state index contributed by atoms with van der Waals surface area (Å²) >= 11 is 0. The number of carboxylic acid groups (broad SMARTS) is 1. The molecule has 0 aliphatic rings. The molecule has 1 heterocycles. The lowest BCUT2D eigenvalue weighted by molar-refractivity contribution is -0.141. The number of carboxylic acids is 1. The first-order valence-corrected chi connectivity index (χ1v) is 11.4. The quantitative estimate of drug-likeness (QED) is 0.326. The summed E-state index contributed by atoms with van der Waals surface area (Å²) in [7, 11) is 0. The second-order valence-electron chi connectivity index (χ2n) is 8.34. The zero-order valence-electron chi connectivity index (χ0n) is 19.1. The number of carbonyl (C=O) groups excluding carboxylic acids is 1. The molecule has 7 nitrogen and oxygen atoms in total. The lowest BCUT2D eigenvalue weighted by atomic mass is 10.0. The van der Waals surface area contributed by atoms with E-state index in [1.165, 1.54) is 4.68 Å². The largest absolute Gasteiger partial charge is 0.481 e. The zero-order chi connectivity index (χ0) is 24.6. The normalized spacial score (nSPS) is 12.6. The highest BCUT2D eigenvalue weighted by Gasteiger charge is 2.26. The number of amides is 1. The van der Waals surface area contributed by atoms with Crippen molar-refractivity contribution in [2.45, 2.75) is 24.9 Å². The predicted molar refractivity (Wildman–Crippen MR) is 134 cm³/mol. The van der Waals surface area contributed by atoms with Crippen LogP contribution in [0.3, 0.4) is 0 Å². The maximum atomic E-state index is 13.0. The number of nitrogens with one attached hydrogen (secondary N) is 1. The van der Waals surface area contributed by atoms with Crippen molar-refractivity contribution in [2.75, 3.05) is 6.61 Å². The highest BCUT2D eigenvalue weighted by Crippen LogP contribution is 2.25. The van der Waals surface area contributed by atoms with E-state index < -0.39 is 30.4 Å². The summed E-state index contributed by atoms with van der Waals surface area (Å²) in [6.07, 6.45) is 3.30. The average Bonchev–Trinajstić information content (AvgIpc) is 3.38. The Morgan fingerprint density at radius 1 is 0.829 bits per heavy atom. The highest BCUT2D eigenvalue weighted by molar-refractivity contribution is 5.85. The van der Waals surface area contributed by atoms with E-state index >= 15 is 0 Å². The number of aliphatic hydroxyl groups excluding tert-OH is 1. The Kier molecular flexibility index (Phi) is 7.70. The number of aliphatic hydroxyl groups is 1. The molecule has 7 heteroatoms. The Bertz CT molecular complexity index is 1250. The lowest BCUT2D eigenvalue weighted by Crippen LogP contribution is -2.43. The zero-order valence-corrected chi connectivity index (χ0v) is 19.1. The first-order chi connectivity index (χ1) is 17.0. The molecule has 0 spiro atoms. The Balaban J connectivity index is 1.50. The monoisotopic (exact) mass is 469 g/mol. The van der Waals surface area contributed by atoms with Crippen molar-refractivity contribution < 1.29 is 19.8 Å². The fraction of sp³-hybridized carbons (Fsp3) is 0.179. The number of rotatable bonds is 10. The first-order valence-electron chi connectivity index (χ1n) is 11.4. The molecule has 0 saturated carbocycles. The molecule has 2 unspecified atom stereocenters. The minimum Gasteiger partial charge on any atom is -0.481 e. The van der Waals surface area contributed by atoms with Crippen LogP contribution in [0.5, 0.6) is 0 Å². The smallest absolute Gasteiger partial charge is 0.306 e. The molecule has 1 aromatic heterocycles. The van der Waals surface area contributed by atoms with Gasteiger partial charge in [0.05, 0.1) is 25.3 Å². The molecule has 1 amide bonds. The van der Waals surface area contributed by atoms with Crippen molar-refractivity contribution in [3.05, 3.63) is 103 Å². The summed E-state index contributed by atoms with van der Waals surface area (Å²) in [5, 5.41) is 26.3. The molecule has 35 heavy (non-hydrogen) atoms. The van der Waals surface area contributed by atoms with E-state index in [0.29, 0.717) is 6.42 Å². The summed E-state index contributed by atoms with van der Waals surface area (Å²) in [5.41, 5.74) is 4.83. The van der Waals surface area contributed by atoms with Crippen molar-refractivity contribution >= 4 is 11.9 Å². The number of aromatic nitrogens is 2. The fourth-order valence-corrected chi connectivity index (χ4v) is 3.97. The number of benzene rings is 3. The highest BCUT2D eigenvalue weighted by atomic mass is 16.4. The molecule has 0 saturated heterocycles. The van der Waals surface area contributed by atoms with Gasteiger partial charge in [0.25, 0.3) is 0 Å². The molecule has 4 rings (SSSR count). The molecule has 4 aromatic rings. The van der Waals surface area contributed by atoms with Gasteiger partial charge in [-0.3, -0.25) is 14.3 Å². The molecule has 3 N–H and O–H groups in total. The number of aliphatic carboxylic acids is 1. The molecule has 178 valence electrons. The maximum Gasteiger partial charge on any atom is 0.306 e. The van der Waals surface area contributed by atoms with E-state index in [2.05, 4.69) is 10.4 Å². The van der Waals surface area contributed by atoms with E-state index in [4.69, 9.17) is 0 Å². The van der Waals surface area contributed by atoms with Crippen LogP contribution >= 0.6 is 0 Å². The molecule has 0 aliphatic carbocycles. The third-order valence-corrected chi connectivity index (χ3v) is 5.81. The number of carbonyl (C=O) groups is 2. The van der Waals surface area contributed by atoms with Crippen LogP contribution in [0.1, 0.15) is 18.0 Å². The molecular weight excluding hydrogens is 442 g/mol. The lowest BCUT2D eigenvalue weighted by Gasteiger charge is -2.21. The maximum absolute atomic E-state index is 13.0. The third kappa shape index (κ3) is 6.22. The SMILES string of the molecule is O=C(O)CC(C(=O)NC(CO)Cc1ccccc1)n1cc(-c2ccc(-c3ccccc3)cc2)cn1. The van der Waals surface area contributed by atoms with E-state index in [1.807, 2.05) is 84.9 Å². The Morgan fingerprint density at radius 2 is 1.40 bits per heavy atom. The molecule has 0 fully saturated rings. The molecule has 0 radical (unpaired) electrons. The number of hydrogen-bond donors (Lipinski definition) is 3. The van der Waals surface area contributed by atoms with E-state index in [9.17, 15) is 19.8 Å². The van der Waals surface area contributed by atoms with Crippen molar-refractivity contribution in [2.24, 2.45) is 0 Å². The van der Waals surface area contributed by atoms with E-state index in [0.717, 1.165) is 27.8 Å². The van der Waals surface area contributed by atoms with Gasteiger partial charge in [-0.25, -0.2) is 0 Å². The van der Waals surface area contributed by atoms with Crippen molar-refractivity contribution in [3.8, 4) is 22.3 Å². The Hall–Kier alpha value is -4.23. The van der Waals surface area contributed by atoms with Crippen molar-refractivity contribution in [1.82, 2.24) is 15.1 Å². The molecular formula is C28H27N3O4. The van der Waals surface area contributed by atoms with Gasteiger partial charge in [0, 0.05) is 11.8 Å². The number of nitrogens with zero attached hydrogens (tertiary/aromatic N) is 2. The van der Waals surface area contributed by atoms with E-state index in [-0.39, 0.29) is 6.61 Å². The second-order valence-corrected chi connectivity index (χ2v) is 8.34. The van der Waals surface area contributed by atoms with Gasteiger partial charge >= 0.3 is 5.97 Å². The van der Waals surface area contributed by atoms with Crippen LogP contribution in [0.2, 0.25) is 0 Å². The predicted octanol–water partition coefficient (Wildman–Crippen LogP) is 3.95. The van der Waals surface area contributed by atoms with Crippen LogP contribution in [0.25, 0.3) is 22.3 Å². The summed E-state index contributed by atoms with van der Waals surface area (Å²) in [6.45, 7) is -0.265. The van der Waals surface area contributed by atoms with Gasteiger partial charge in [0.2, 0.25) is 5.91 Å². The molecule has 0 aliphatic heterocycles. The third-order valence-electron chi connectivity index (χ3n) is 5.81. The second kappa shape index (κ2) is 11.3. The minimum atomic E-state index is -1.11. The van der Waals surface area contributed by atoms with Crippen LogP contribution in [-0.2, 0) is 16.0 Å².